The normalized spacial score (nSPS) is 30.0. The van der Waals surface area contributed by atoms with E-state index in [1.807, 2.05) is 7.05 Å². The summed E-state index contributed by atoms with van der Waals surface area (Å²) in [7, 11) is 2.02. The number of hydrogen-bond acceptors (Lipinski definition) is 1. The summed E-state index contributed by atoms with van der Waals surface area (Å²) in [5.41, 5.74) is 0. The molecule has 1 atom stereocenters. The minimum Gasteiger partial charge on any atom is -0.301 e. The van der Waals surface area contributed by atoms with Gasteiger partial charge in [0.2, 0.25) is 0 Å². The van der Waals surface area contributed by atoms with Gasteiger partial charge in [-0.05, 0) is 26.4 Å². The molecule has 1 nitrogen and oxygen atoms in total. The molecule has 1 aliphatic rings. The van der Waals surface area contributed by atoms with Crippen molar-refractivity contribution in [1.82, 2.24) is 4.90 Å². The zero-order valence-electron chi connectivity index (χ0n) is 6.65. The average Bonchev–Trinajstić information content (AvgIpc) is 2.13. The van der Waals surface area contributed by atoms with Gasteiger partial charge in [-0.25, -0.2) is 4.39 Å². The topological polar surface area (TPSA) is 3.24 Å². The Morgan fingerprint density at radius 2 is 2.20 bits per heavy atom. The number of halogens is 1. The Morgan fingerprint density at radius 1 is 1.40 bits per heavy atom. The van der Waals surface area contributed by atoms with Crippen molar-refractivity contribution in [2.75, 3.05) is 20.3 Å². The molecule has 0 bridgehead atoms. The fraction of sp³-hybridized carbons (Fsp3) is 1.00. The number of alkyl halides is 1. The summed E-state index contributed by atoms with van der Waals surface area (Å²) in [6, 6.07) is 0.211. The lowest BCUT2D eigenvalue weighted by Gasteiger charge is -2.22. The maximum absolute atomic E-state index is 12.3. The summed E-state index contributed by atoms with van der Waals surface area (Å²) in [6.45, 7) is 0.908. The fourth-order valence-corrected chi connectivity index (χ4v) is 1.52. The molecule has 1 heterocycles. The summed E-state index contributed by atoms with van der Waals surface area (Å²) < 4.78 is 12.3. The first-order valence-electron chi connectivity index (χ1n) is 4.11. The summed E-state index contributed by atoms with van der Waals surface area (Å²) in [4.78, 5) is 2.15. The molecule has 0 saturated carbocycles. The largest absolute Gasteiger partial charge is 0.301 e. The minimum atomic E-state index is -0.170. The van der Waals surface area contributed by atoms with Gasteiger partial charge in [-0.15, -0.1) is 0 Å². The Morgan fingerprint density at radius 3 is 2.90 bits per heavy atom. The summed E-state index contributed by atoms with van der Waals surface area (Å²) in [6.07, 6.45) is 4.78. The van der Waals surface area contributed by atoms with Crippen LogP contribution in [0.4, 0.5) is 4.39 Å². The molecule has 0 aliphatic carbocycles. The number of likely N-dealkylation sites (tertiary alicyclic amines) is 1. The number of nitrogens with zero attached hydrogens (tertiary/aromatic N) is 1. The third-order valence-electron chi connectivity index (χ3n) is 2.35. The van der Waals surface area contributed by atoms with Crippen LogP contribution in [-0.2, 0) is 0 Å². The zero-order valence-corrected chi connectivity index (χ0v) is 6.65. The number of rotatable bonds is 1. The second kappa shape index (κ2) is 3.91. The van der Waals surface area contributed by atoms with E-state index in [0.29, 0.717) is 0 Å². The van der Waals surface area contributed by atoms with Crippen LogP contribution < -0.4 is 0 Å². The summed E-state index contributed by atoms with van der Waals surface area (Å²) in [5, 5.41) is 0. The quantitative estimate of drug-likeness (QED) is 0.544. The van der Waals surface area contributed by atoms with Gasteiger partial charge in [-0.3, -0.25) is 0 Å². The highest BCUT2D eigenvalue weighted by Gasteiger charge is 2.16. The van der Waals surface area contributed by atoms with Crippen molar-refractivity contribution in [2.45, 2.75) is 31.7 Å². The Kier molecular flexibility index (Phi) is 3.13. The van der Waals surface area contributed by atoms with Crippen molar-refractivity contribution < 1.29 is 4.39 Å². The summed E-state index contributed by atoms with van der Waals surface area (Å²) >= 11 is 0. The van der Waals surface area contributed by atoms with Crippen LogP contribution in [0.15, 0.2) is 0 Å². The molecule has 0 radical (unpaired) electrons. The van der Waals surface area contributed by atoms with E-state index >= 15 is 0 Å². The lowest BCUT2D eigenvalue weighted by molar-refractivity contribution is 0.204. The first-order valence-corrected chi connectivity index (χ1v) is 4.11. The molecule has 0 unspecified atom stereocenters. The maximum atomic E-state index is 12.3. The molecule has 1 rings (SSSR count). The third kappa shape index (κ3) is 1.94. The van der Waals surface area contributed by atoms with Gasteiger partial charge in [0.1, 0.15) is 6.67 Å². The van der Waals surface area contributed by atoms with Crippen LogP contribution in [0.25, 0.3) is 0 Å². The highest BCUT2D eigenvalue weighted by molar-refractivity contribution is 4.71. The van der Waals surface area contributed by atoms with Crippen LogP contribution in [-0.4, -0.2) is 31.2 Å². The molecule has 0 aromatic rings. The van der Waals surface area contributed by atoms with E-state index in [0.717, 1.165) is 13.0 Å². The molecule has 1 fully saturated rings. The molecule has 1 saturated heterocycles. The van der Waals surface area contributed by atoms with Crippen molar-refractivity contribution in [2.24, 2.45) is 0 Å². The van der Waals surface area contributed by atoms with Gasteiger partial charge in [-0.2, -0.15) is 0 Å². The van der Waals surface area contributed by atoms with Crippen LogP contribution in [0.5, 0.6) is 0 Å². The minimum absolute atomic E-state index is 0.170. The van der Waals surface area contributed by atoms with E-state index in [-0.39, 0.29) is 12.7 Å². The van der Waals surface area contributed by atoms with E-state index < -0.39 is 0 Å². The molecule has 1 aliphatic heterocycles. The third-order valence-corrected chi connectivity index (χ3v) is 2.35. The predicted molar refractivity (Wildman–Crippen MR) is 40.9 cm³/mol. The zero-order chi connectivity index (χ0) is 7.40. The van der Waals surface area contributed by atoms with Gasteiger partial charge in [-0.1, -0.05) is 12.8 Å². The van der Waals surface area contributed by atoms with Gasteiger partial charge >= 0.3 is 0 Å². The molecule has 2 heteroatoms. The first-order chi connectivity index (χ1) is 4.84. The van der Waals surface area contributed by atoms with E-state index in [2.05, 4.69) is 4.90 Å². The molecule has 0 aromatic carbocycles. The van der Waals surface area contributed by atoms with Crippen molar-refractivity contribution in [1.29, 1.82) is 0 Å². The van der Waals surface area contributed by atoms with Crippen molar-refractivity contribution in [3.05, 3.63) is 0 Å². The SMILES string of the molecule is CN1CCCCC[C@H]1CF. The van der Waals surface area contributed by atoms with E-state index in [1.165, 1.54) is 19.3 Å². The Balaban J connectivity index is 2.35. The monoisotopic (exact) mass is 145 g/mol. The molecule has 0 amide bonds. The van der Waals surface area contributed by atoms with Crippen LogP contribution in [0.1, 0.15) is 25.7 Å². The highest BCUT2D eigenvalue weighted by Crippen LogP contribution is 2.14. The van der Waals surface area contributed by atoms with Gasteiger partial charge in [0.15, 0.2) is 0 Å². The Hall–Kier alpha value is -0.110. The van der Waals surface area contributed by atoms with Crippen LogP contribution in [0.3, 0.4) is 0 Å². The molecule has 0 aromatic heterocycles. The predicted octanol–water partition coefficient (Wildman–Crippen LogP) is 1.83. The molecular formula is C8H16FN. The van der Waals surface area contributed by atoms with Crippen LogP contribution in [0, 0.1) is 0 Å². The fourth-order valence-electron chi connectivity index (χ4n) is 1.52. The smallest absolute Gasteiger partial charge is 0.105 e. The number of hydrogen-bond donors (Lipinski definition) is 0. The van der Waals surface area contributed by atoms with Gasteiger partial charge in [0.25, 0.3) is 0 Å². The van der Waals surface area contributed by atoms with Gasteiger partial charge in [0.05, 0.1) is 0 Å². The molecule has 0 spiro atoms. The van der Waals surface area contributed by atoms with Gasteiger partial charge in [0, 0.05) is 6.04 Å². The van der Waals surface area contributed by atoms with Crippen molar-refractivity contribution in [3.63, 3.8) is 0 Å². The summed E-state index contributed by atoms with van der Waals surface area (Å²) in [5.74, 6) is 0. The highest BCUT2D eigenvalue weighted by atomic mass is 19.1. The average molecular weight is 145 g/mol. The van der Waals surface area contributed by atoms with Crippen LogP contribution >= 0.6 is 0 Å². The standard InChI is InChI=1S/C8H16FN/c1-10-6-4-2-3-5-8(10)7-9/h8H,2-7H2,1H3/t8-/m0/s1. The molecule has 0 N–H and O–H groups in total. The van der Waals surface area contributed by atoms with E-state index in [1.54, 1.807) is 0 Å². The molecule has 60 valence electrons. The van der Waals surface area contributed by atoms with Crippen molar-refractivity contribution >= 4 is 0 Å². The lowest BCUT2D eigenvalue weighted by atomic mass is 10.1. The Bertz CT molecular complexity index is 95.3. The molecular weight excluding hydrogens is 129 g/mol. The second-order valence-corrected chi connectivity index (χ2v) is 3.14. The Labute approximate surface area is 62.2 Å². The maximum Gasteiger partial charge on any atom is 0.105 e. The van der Waals surface area contributed by atoms with E-state index in [4.69, 9.17) is 0 Å². The lowest BCUT2D eigenvalue weighted by Crippen LogP contribution is -2.32. The molecule has 10 heavy (non-hydrogen) atoms. The first kappa shape index (κ1) is 7.99. The van der Waals surface area contributed by atoms with Crippen LogP contribution in [0.2, 0.25) is 0 Å². The van der Waals surface area contributed by atoms with Crippen molar-refractivity contribution in [3.8, 4) is 0 Å². The van der Waals surface area contributed by atoms with E-state index in [9.17, 15) is 4.39 Å². The van der Waals surface area contributed by atoms with Gasteiger partial charge < -0.3 is 4.90 Å². The second-order valence-electron chi connectivity index (χ2n) is 3.14.